The summed E-state index contributed by atoms with van der Waals surface area (Å²) in [5, 5.41) is 10.5. The summed E-state index contributed by atoms with van der Waals surface area (Å²) in [6.45, 7) is 3.25. The average Bonchev–Trinajstić information content (AvgIpc) is 2.74. The second-order valence-electron chi connectivity index (χ2n) is 6.76. The van der Waals surface area contributed by atoms with E-state index in [4.69, 9.17) is 10.6 Å². The van der Waals surface area contributed by atoms with Crippen LogP contribution in [0.25, 0.3) is 0 Å². The van der Waals surface area contributed by atoms with Gasteiger partial charge in [0.2, 0.25) is 0 Å². The minimum absolute atomic E-state index is 0.0316. The largest absolute Gasteiger partial charge is 0.480 e. The molecule has 0 radical (unpaired) electrons. The number of carbonyl (C=O) groups is 3. The van der Waals surface area contributed by atoms with Gasteiger partial charge in [0, 0.05) is 12.0 Å². The third kappa shape index (κ3) is 7.12. The minimum atomic E-state index is -1.39. The molecule has 0 bridgehead atoms. The summed E-state index contributed by atoms with van der Waals surface area (Å²) in [6.07, 6.45) is -0.285. The first-order chi connectivity index (χ1) is 14.8. The molecule has 0 unspecified atom stereocenters. The molecule has 10 heteroatoms. The number of carbonyl (C=O) groups excluding carboxylic acids is 2. The number of aliphatic imine (C=N–C) groups is 1. The first-order valence-electron chi connectivity index (χ1n) is 9.48. The zero-order valence-electron chi connectivity index (χ0n) is 17.2. The predicted octanol–water partition coefficient (Wildman–Crippen LogP) is 2.00. The molecule has 0 aliphatic rings. The summed E-state index contributed by atoms with van der Waals surface area (Å²) >= 11 is 0. The Balaban J connectivity index is 2.32. The number of amides is 2. The minimum Gasteiger partial charge on any atom is -0.480 e. The van der Waals surface area contributed by atoms with Crippen LogP contribution in [-0.4, -0.2) is 46.6 Å². The van der Waals surface area contributed by atoms with Gasteiger partial charge >= 0.3 is 12.1 Å². The highest BCUT2D eigenvalue weighted by Gasteiger charge is 2.33. The molecule has 0 heterocycles. The van der Waals surface area contributed by atoms with Crippen molar-refractivity contribution in [2.24, 2.45) is 10.8 Å². The Bertz CT molecular complexity index is 933. The van der Waals surface area contributed by atoms with Crippen molar-refractivity contribution in [3.05, 3.63) is 65.7 Å². The maximum absolute atomic E-state index is 12.8. The molecule has 0 saturated carbocycles. The van der Waals surface area contributed by atoms with Crippen molar-refractivity contribution in [3.63, 3.8) is 0 Å². The number of hydrogen-bond acceptors (Lipinski definition) is 6. The lowest BCUT2D eigenvalue weighted by Crippen LogP contribution is -2.56. The van der Waals surface area contributed by atoms with Crippen LogP contribution < -0.4 is 16.7 Å². The number of aliphatic carboxylic acids is 1. The molecule has 31 heavy (non-hydrogen) atoms. The van der Waals surface area contributed by atoms with Gasteiger partial charge < -0.3 is 15.3 Å². The third-order valence-corrected chi connectivity index (χ3v) is 4.02. The number of rotatable bonds is 8. The van der Waals surface area contributed by atoms with Crippen LogP contribution in [-0.2, 0) is 16.0 Å². The Morgan fingerprint density at radius 2 is 1.87 bits per heavy atom. The Morgan fingerprint density at radius 1 is 1.16 bits per heavy atom. The Hall–Kier alpha value is -3.92. The molecule has 0 saturated heterocycles. The Labute approximate surface area is 179 Å². The second-order valence-corrected chi connectivity index (χ2v) is 6.76. The molecule has 10 nitrogen and oxygen atoms in total. The number of nitrogens with zero attached hydrogens (tertiary/aromatic N) is 2. The lowest BCUT2D eigenvalue weighted by Gasteiger charge is -2.29. The van der Waals surface area contributed by atoms with E-state index in [1.165, 1.54) is 18.5 Å². The van der Waals surface area contributed by atoms with Gasteiger partial charge in [-0.2, -0.15) is 0 Å². The molecule has 0 spiro atoms. The molecule has 0 aromatic heterocycles. The van der Waals surface area contributed by atoms with Crippen molar-refractivity contribution in [1.82, 2.24) is 15.9 Å². The lowest BCUT2D eigenvalue weighted by atomic mass is 10.1. The zero-order chi connectivity index (χ0) is 22.8. The van der Waals surface area contributed by atoms with Crippen molar-refractivity contribution in [1.29, 1.82) is 0 Å². The van der Waals surface area contributed by atoms with Crippen LogP contribution in [0.15, 0.2) is 59.6 Å². The number of nitrogens with two attached hydrogens (primary N) is 1. The molecule has 0 fully saturated rings. The van der Waals surface area contributed by atoms with Gasteiger partial charge in [0.15, 0.2) is 6.04 Å². The zero-order valence-corrected chi connectivity index (χ0v) is 17.2. The number of hydrogen-bond donors (Lipinski definition) is 4. The summed E-state index contributed by atoms with van der Waals surface area (Å²) in [4.78, 5) is 41.4. The fourth-order valence-electron chi connectivity index (χ4n) is 2.65. The van der Waals surface area contributed by atoms with E-state index in [-0.39, 0.29) is 12.0 Å². The second kappa shape index (κ2) is 11.3. The van der Waals surface area contributed by atoms with Crippen molar-refractivity contribution in [2.75, 3.05) is 0 Å². The van der Waals surface area contributed by atoms with Gasteiger partial charge in [-0.15, -0.1) is 0 Å². The van der Waals surface area contributed by atoms with Crippen molar-refractivity contribution in [3.8, 4) is 0 Å². The molecule has 2 aromatic carbocycles. The third-order valence-electron chi connectivity index (χ3n) is 4.02. The number of hydrazine groups is 2. The first-order valence-corrected chi connectivity index (χ1v) is 9.48. The monoisotopic (exact) mass is 427 g/mol. The average molecular weight is 427 g/mol. The molecular weight excluding hydrogens is 402 g/mol. The number of carboxylic acids is 1. The number of carboxylic acid groups (broad SMARTS) is 1. The highest BCUT2D eigenvalue weighted by Crippen LogP contribution is 2.15. The predicted molar refractivity (Wildman–Crippen MR) is 114 cm³/mol. The van der Waals surface area contributed by atoms with Gasteiger partial charge in [-0.1, -0.05) is 36.4 Å². The maximum atomic E-state index is 12.8. The molecule has 164 valence electrons. The Morgan fingerprint density at radius 3 is 2.48 bits per heavy atom. The topological polar surface area (TPSA) is 146 Å². The summed E-state index contributed by atoms with van der Waals surface area (Å²) in [5.41, 5.74) is 5.90. The van der Waals surface area contributed by atoms with Gasteiger partial charge in [0.1, 0.15) is 6.34 Å². The fraction of sp³-hybridized carbons (Fsp3) is 0.238. The van der Waals surface area contributed by atoms with E-state index in [1.807, 2.05) is 0 Å². The molecule has 2 rings (SSSR count). The van der Waals surface area contributed by atoms with Gasteiger partial charge in [-0.05, 0) is 37.6 Å². The number of nitrogens with one attached hydrogen (secondary N) is 2. The van der Waals surface area contributed by atoms with Gasteiger partial charge in [-0.3, -0.25) is 10.2 Å². The molecule has 2 aromatic rings. The maximum Gasteiger partial charge on any atom is 0.429 e. The summed E-state index contributed by atoms with van der Waals surface area (Å²) < 4.78 is 5.16. The molecule has 0 aliphatic carbocycles. The normalized spacial score (nSPS) is 11.7. The highest BCUT2D eigenvalue weighted by molar-refractivity contribution is 5.96. The molecule has 2 amide bonds. The van der Waals surface area contributed by atoms with E-state index >= 15 is 0 Å². The van der Waals surface area contributed by atoms with E-state index in [9.17, 15) is 19.5 Å². The van der Waals surface area contributed by atoms with Gasteiger partial charge in [-0.25, -0.2) is 25.4 Å². The summed E-state index contributed by atoms with van der Waals surface area (Å²) in [7, 11) is 0. The fourth-order valence-corrected chi connectivity index (χ4v) is 2.65. The standard InChI is InChI=1S/C21H25N5O5/c1-14(2)31-21(30)26(18(20(28)29)11-15-7-4-3-5-8-15)25-19(27)16-9-6-10-17(12-16)23-13-24-22/h3-10,12-14,18H,11,22H2,1-2H3,(H,23,24)(H,25,27)(H,28,29)/t18-/m0/s1. The van der Waals surface area contributed by atoms with Crippen molar-refractivity contribution < 1.29 is 24.2 Å². The van der Waals surface area contributed by atoms with Crippen LogP contribution in [0.1, 0.15) is 29.8 Å². The molecule has 5 N–H and O–H groups in total. The lowest BCUT2D eigenvalue weighted by molar-refractivity contribution is -0.143. The highest BCUT2D eigenvalue weighted by atomic mass is 16.6. The van der Waals surface area contributed by atoms with Crippen LogP contribution in [0, 0.1) is 0 Å². The quantitative estimate of drug-likeness (QED) is 0.218. The van der Waals surface area contributed by atoms with E-state index in [0.29, 0.717) is 16.3 Å². The molecular formula is C21H25N5O5. The van der Waals surface area contributed by atoms with Crippen LogP contribution >= 0.6 is 0 Å². The van der Waals surface area contributed by atoms with Crippen LogP contribution in [0.5, 0.6) is 0 Å². The summed E-state index contributed by atoms with van der Waals surface area (Å²) in [6, 6.07) is 13.6. The Kier molecular flexibility index (Phi) is 8.52. The smallest absolute Gasteiger partial charge is 0.429 e. The SMILES string of the molecule is CC(C)OC(=O)N(NC(=O)c1cccc(N=CNN)c1)[C@@H](Cc1ccccc1)C(=O)O. The van der Waals surface area contributed by atoms with E-state index in [2.05, 4.69) is 15.8 Å². The number of ether oxygens (including phenoxy) is 1. The van der Waals surface area contributed by atoms with Crippen molar-refractivity contribution in [2.45, 2.75) is 32.4 Å². The van der Waals surface area contributed by atoms with Crippen LogP contribution in [0.2, 0.25) is 0 Å². The van der Waals surface area contributed by atoms with E-state index in [0.717, 1.165) is 0 Å². The first kappa shape index (κ1) is 23.4. The molecule has 1 atom stereocenters. The summed E-state index contributed by atoms with van der Waals surface area (Å²) in [5.74, 6) is 3.15. The van der Waals surface area contributed by atoms with E-state index in [1.54, 1.807) is 56.3 Å². The van der Waals surface area contributed by atoms with Gasteiger partial charge in [0.25, 0.3) is 5.91 Å². The van der Waals surface area contributed by atoms with Gasteiger partial charge in [0.05, 0.1) is 11.8 Å². The van der Waals surface area contributed by atoms with Crippen molar-refractivity contribution >= 4 is 30.0 Å². The van der Waals surface area contributed by atoms with E-state index < -0.39 is 30.1 Å². The molecule has 0 aliphatic heterocycles. The van der Waals surface area contributed by atoms with Crippen LogP contribution in [0.4, 0.5) is 10.5 Å². The van der Waals surface area contributed by atoms with Crippen LogP contribution in [0.3, 0.4) is 0 Å². The number of benzene rings is 2.